The van der Waals surface area contributed by atoms with Gasteiger partial charge >= 0.3 is 12.3 Å². The van der Waals surface area contributed by atoms with Crippen molar-refractivity contribution < 1.29 is 55.3 Å². The van der Waals surface area contributed by atoms with Crippen LogP contribution < -0.4 is 19.5 Å². The van der Waals surface area contributed by atoms with E-state index in [1.807, 2.05) is 39.0 Å². The number of benzene rings is 1. The Hall–Kier alpha value is -5.72. The SMILES string of the molecule is CC(C)Oc1ccc(-c2cc(O[C@@H]3C[C@H]4C(=O)N[C@]5(C(=O)NS(=O)(=O)C6(C)CC6)C[C@H]5/C=C\CC[C@H](C)C[C@@H](C)[C@H](N(C(=O)O)C(C)(C)C(F)(F)F)C(=O)N4C3)cc(-c3ccccn3)n2)cc1. The highest BCUT2D eigenvalue weighted by atomic mass is 32.2. The number of carboxylic acid groups (broad SMARTS) is 1. The molecule has 19 heteroatoms. The van der Waals surface area contributed by atoms with Gasteiger partial charge in [0.15, 0.2) is 0 Å². The van der Waals surface area contributed by atoms with Crippen molar-refractivity contribution in [2.24, 2.45) is 17.8 Å². The van der Waals surface area contributed by atoms with Crippen LogP contribution in [0.4, 0.5) is 18.0 Å². The lowest BCUT2D eigenvalue weighted by Crippen LogP contribution is -2.66. The Bertz CT molecular complexity index is 2500. The van der Waals surface area contributed by atoms with E-state index in [1.54, 1.807) is 54.7 Å². The molecule has 2 aliphatic heterocycles. The molecule has 362 valence electrons. The number of allylic oxidation sites excluding steroid dienone is 1. The second kappa shape index (κ2) is 18.4. The molecule has 2 aromatic heterocycles. The highest BCUT2D eigenvalue weighted by Crippen LogP contribution is 2.48. The molecule has 1 aromatic carbocycles. The number of amides is 4. The number of carbonyl (C=O) groups is 4. The van der Waals surface area contributed by atoms with Gasteiger partial charge in [0.1, 0.15) is 40.8 Å². The standard InChI is InChI=1S/C48H59F3N6O9S/c1-28(2)65-33-17-15-31(16-18-33)37-23-34(24-38(53-37)36-14-10-11-21-52-36)66-35-25-39-41(58)54-47(43(60)55-67(63,64)46(7)19-20-46)26-32(47)13-9-8-12-29(3)22-30(4)40(42(59)56(39)27-35)57(44(61)62)45(5,6)48(49,50)51/h9-11,13-18,21,23-24,28-30,32,35,39-40H,8,12,19-20,22,25-27H2,1-7H3,(H,54,58)(H,55,60)(H,61,62)/b13-9-/t29-,30+,32+,35+,39-,40-,47+/m0/s1. The summed E-state index contributed by atoms with van der Waals surface area (Å²) in [6.45, 7) is 9.74. The number of hydrogen-bond donors (Lipinski definition) is 3. The first kappa shape index (κ1) is 49.2. The molecule has 2 aliphatic carbocycles. The van der Waals surface area contributed by atoms with Gasteiger partial charge in [0, 0.05) is 36.2 Å². The first-order chi connectivity index (χ1) is 31.4. The molecule has 0 spiro atoms. The minimum atomic E-state index is -5.11. The lowest BCUT2D eigenvalue weighted by molar-refractivity contribution is -0.222. The first-order valence-electron chi connectivity index (χ1n) is 22.7. The molecule has 0 radical (unpaired) electrons. The number of hydrogen-bond acceptors (Lipinski definition) is 10. The number of pyridine rings is 2. The van der Waals surface area contributed by atoms with E-state index in [2.05, 4.69) is 15.0 Å². The Morgan fingerprint density at radius 3 is 2.30 bits per heavy atom. The topological polar surface area (TPSA) is 197 Å². The van der Waals surface area contributed by atoms with Crippen molar-refractivity contribution in [3.05, 3.63) is 72.9 Å². The van der Waals surface area contributed by atoms with Crippen molar-refractivity contribution in [3.63, 3.8) is 0 Å². The Labute approximate surface area is 388 Å². The normalized spacial score (nSPS) is 27.1. The van der Waals surface area contributed by atoms with Crippen LogP contribution in [-0.4, -0.2) is 110 Å². The van der Waals surface area contributed by atoms with Crippen LogP contribution in [0.25, 0.3) is 22.6 Å². The van der Waals surface area contributed by atoms with Crippen LogP contribution >= 0.6 is 0 Å². The molecule has 7 atom stereocenters. The van der Waals surface area contributed by atoms with Crippen molar-refractivity contribution in [1.29, 1.82) is 0 Å². The van der Waals surface area contributed by atoms with Crippen molar-refractivity contribution in [1.82, 2.24) is 29.8 Å². The highest BCUT2D eigenvalue weighted by Gasteiger charge is 2.64. The zero-order valence-electron chi connectivity index (χ0n) is 38.7. The van der Waals surface area contributed by atoms with Gasteiger partial charge in [0.25, 0.3) is 5.91 Å². The first-order valence-corrected chi connectivity index (χ1v) is 24.2. The fourth-order valence-electron chi connectivity index (χ4n) is 9.12. The Kier molecular flexibility index (Phi) is 13.5. The van der Waals surface area contributed by atoms with E-state index in [9.17, 15) is 41.1 Å². The predicted molar refractivity (Wildman–Crippen MR) is 242 cm³/mol. The van der Waals surface area contributed by atoms with Gasteiger partial charge < -0.3 is 24.8 Å². The van der Waals surface area contributed by atoms with Crippen LogP contribution in [0.3, 0.4) is 0 Å². The summed E-state index contributed by atoms with van der Waals surface area (Å²) in [5.74, 6) is -3.80. The third-order valence-corrected chi connectivity index (χ3v) is 15.7. The van der Waals surface area contributed by atoms with Crippen LogP contribution in [0.2, 0.25) is 0 Å². The Morgan fingerprint density at radius 2 is 1.69 bits per heavy atom. The van der Waals surface area contributed by atoms with E-state index in [0.29, 0.717) is 67.9 Å². The van der Waals surface area contributed by atoms with E-state index in [-0.39, 0.29) is 48.5 Å². The van der Waals surface area contributed by atoms with Gasteiger partial charge in [0.05, 0.1) is 34.5 Å². The number of nitrogens with zero attached hydrogens (tertiary/aromatic N) is 4. The Balaban J connectivity index is 1.30. The number of nitrogens with one attached hydrogen (secondary N) is 2. The summed E-state index contributed by atoms with van der Waals surface area (Å²) in [5.41, 5.74) is -2.71. The van der Waals surface area contributed by atoms with Gasteiger partial charge in [-0.2, -0.15) is 13.2 Å². The van der Waals surface area contributed by atoms with Gasteiger partial charge in [-0.15, -0.1) is 0 Å². The molecule has 0 unspecified atom stereocenters. The molecule has 7 rings (SSSR count). The number of fused-ring (bicyclic) bond motifs is 2. The molecule has 0 bridgehead atoms. The van der Waals surface area contributed by atoms with E-state index in [4.69, 9.17) is 14.5 Å². The summed E-state index contributed by atoms with van der Waals surface area (Å²) in [4.78, 5) is 67.8. The molecular formula is C48H59F3N6O9S. The lowest BCUT2D eigenvalue weighted by Gasteiger charge is -2.45. The maximum atomic E-state index is 15.2. The molecule has 67 heavy (non-hydrogen) atoms. The van der Waals surface area contributed by atoms with Crippen molar-refractivity contribution in [3.8, 4) is 34.1 Å². The Morgan fingerprint density at radius 1 is 1.00 bits per heavy atom. The van der Waals surface area contributed by atoms with E-state index >= 15 is 4.79 Å². The monoisotopic (exact) mass is 952 g/mol. The summed E-state index contributed by atoms with van der Waals surface area (Å²) < 4.78 is 84.7. The molecule has 3 aromatic rings. The number of carbonyl (C=O) groups excluding carboxylic acids is 3. The van der Waals surface area contributed by atoms with Gasteiger partial charge in [-0.3, -0.25) is 29.0 Å². The van der Waals surface area contributed by atoms with Crippen LogP contribution in [0, 0.1) is 17.8 Å². The van der Waals surface area contributed by atoms with Gasteiger partial charge in [-0.1, -0.05) is 32.1 Å². The van der Waals surface area contributed by atoms with Crippen LogP contribution in [-0.2, 0) is 24.4 Å². The van der Waals surface area contributed by atoms with Crippen LogP contribution in [0.5, 0.6) is 11.5 Å². The third kappa shape index (κ3) is 10.3. The smallest absolute Gasteiger partial charge is 0.411 e. The summed E-state index contributed by atoms with van der Waals surface area (Å²) in [6.07, 6.45) is -1.42. The highest BCUT2D eigenvalue weighted by molar-refractivity contribution is 7.91. The van der Waals surface area contributed by atoms with Crippen molar-refractivity contribution in [2.45, 2.75) is 140 Å². The zero-order valence-corrected chi connectivity index (χ0v) is 39.5. The molecule has 15 nitrogen and oxygen atoms in total. The maximum Gasteiger partial charge on any atom is 0.411 e. The average molecular weight is 953 g/mol. The van der Waals surface area contributed by atoms with Crippen LogP contribution in [0.15, 0.2) is 72.9 Å². The number of ether oxygens (including phenoxy) is 2. The molecular weight excluding hydrogens is 894 g/mol. The largest absolute Gasteiger partial charge is 0.491 e. The van der Waals surface area contributed by atoms with E-state index in [0.717, 1.165) is 4.90 Å². The maximum absolute atomic E-state index is 15.2. The van der Waals surface area contributed by atoms with E-state index in [1.165, 1.54) is 13.8 Å². The average Bonchev–Trinajstić information content (AvgIpc) is 4.13. The summed E-state index contributed by atoms with van der Waals surface area (Å²) >= 11 is 0. The summed E-state index contributed by atoms with van der Waals surface area (Å²) in [6, 6.07) is 12.4. The van der Waals surface area contributed by atoms with Crippen molar-refractivity contribution in [2.75, 3.05) is 6.54 Å². The number of sulfonamides is 1. The van der Waals surface area contributed by atoms with Gasteiger partial charge in [0.2, 0.25) is 21.8 Å². The third-order valence-electron chi connectivity index (χ3n) is 13.5. The molecule has 4 amide bonds. The molecule has 1 saturated heterocycles. The predicted octanol–water partition coefficient (Wildman–Crippen LogP) is 7.52. The van der Waals surface area contributed by atoms with Gasteiger partial charge in [-0.25, -0.2) is 18.2 Å². The molecule has 3 fully saturated rings. The molecule has 4 aliphatic rings. The van der Waals surface area contributed by atoms with Gasteiger partial charge in [-0.05, 0) is 121 Å². The number of alkyl halides is 3. The van der Waals surface area contributed by atoms with Crippen molar-refractivity contribution >= 4 is 33.8 Å². The zero-order chi connectivity index (χ0) is 48.9. The second-order valence-electron chi connectivity index (χ2n) is 19.6. The fourth-order valence-corrected chi connectivity index (χ4v) is 10.4. The van der Waals surface area contributed by atoms with Crippen LogP contribution in [0.1, 0.15) is 93.4 Å². The minimum absolute atomic E-state index is 0.0380. The number of halogens is 3. The van der Waals surface area contributed by atoms with E-state index < -0.39 is 85.9 Å². The number of aromatic nitrogens is 2. The summed E-state index contributed by atoms with van der Waals surface area (Å²) in [7, 11) is -4.15. The second-order valence-corrected chi connectivity index (χ2v) is 21.8. The fraction of sp³-hybridized carbons (Fsp3) is 0.542. The minimum Gasteiger partial charge on any atom is -0.491 e. The quantitative estimate of drug-likeness (QED) is 0.161. The molecule has 2 saturated carbocycles. The molecule has 3 N–H and O–H groups in total. The number of rotatable bonds is 11. The summed E-state index contributed by atoms with van der Waals surface area (Å²) in [5, 5.41) is 13.4. The molecule has 4 heterocycles. The lowest BCUT2D eigenvalue weighted by atomic mass is 9.85.